The van der Waals surface area contributed by atoms with Gasteiger partial charge in [0.2, 0.25) is 5.75 Å². The molecule has 0 radical (unpaired) electrons. The molecule has 0 bridgehead atoms. The number of benzene rings is 1. The third kappa shape index (κ3) is 2.72. The highest BCUT2D eigenvalue weighted by atomic mass is 16.5. The smallest absolute Gasteiger partial charge is 0.203 e. The number of furan rings is 1. The van der Waals surface area contributed by atoms with Gasteiger partial charge in [0.25, 0.3) is 0 Å². The molecule has 0 fully saturated rings. The quantitative estimate of drug-likeness (QED) is 0.792. The summed E-state index contributed by atoms with van der Waals surface area (Å²) in [4.78, 5) is 12.6. The van der Waals surface area contributed by atoms with Crippen molar-refractivity contribution >= 4 is 5.78 Å². The van der Waals surface area contributed by atoms with E-state index in [0.29, 0.717) is 39.9 Å². The van der Waals surface area contributed by atoms with Gasteiger partial charge in [-0.3, -0.25) is 4.79 Å². The predicted molar refractivity (Wildman–Crippen MR) is 77.7 cm³/mol. The first-order chi connectivity index (χ1) is 10.0. The van der Waals surface area contributed by atoms with Gasteiger partial charge in [-0.15, -0.1) is 0 Å². The molecule has 2 rings (SSSR count). The molecule has 112 valence electrons. The Balaban J connectivity index is 2.53. The monoisotopic (exact) mass is 290 g/mol. The molecule has 0 atom stereocenters. The van der Waals surface area contributed by atoms with Crippen molar-refractivity contribution in [1.29, 1.82) is 0 Å². The fourth-order valence-electron chi connectivity index (χ4n) is 2.22. The van der Waals surface area contributed by atoms with E-state index in [1.165, 1.54) is 21.3 Å². The summed E-state index contributed by atoms with van der Waals surface area (Å²) < 4.78 is 21.2. The Bertz CT molecular complexity index is 644. The van der Waals surface area contributed by atoms with Gasteiger partial charge in [0.15, 0.2) is 17.3 Å². The fraction of sp³-hybridized carbons (Fsp3) is 0.312. The summed E-state index contributed by atoms with van der Waals surface area (Å²) in [7, 11) is 4.54. The molecule has 0 aliphatic rings. The molecule has 0 amide bonds. The highest BCUT2D eigenvalue weighted by molar-refractivity contribution is 6.10. The van der Waals surface area contributed by atoms with Crippen LogP contribution in [0.15, 0.2) is 22.6 Å². The van der Waals surface area contributed by atoms with Gasteiger partial charge in [0.05, 0.1) is 26.9 Å². The van der Waals surface area contributed by atoms with E-state index < -0.39 is 0 Å². The number of ether oxygens (including phenoxy) is 3. The number of hydrogen-bond donors (Lipinski definition) is 0. The van der Waals surface area contributed by atoms with Gasteiger partial charge in [-0.1, -0.05) is 0 Å². The number of carbonyl (C=O) groups is 1. The van der Waals surface area contributed by atoms with Crippen LogP contribution in [0.3, 0.4) is 0 Å². The lowest BCUT2D eigenvalue weighted by molar-refractivity contribution is 0.103. The van der Waals surface area contributed by atoms with Crippen LogP contribution in [0, 0.1) is 13.8 Å². The van der Waals surface area contributed by atoms with Crippen LogP contribution in [0.25, 0.3) is 0 Å². The highest BCUT2D eigenvalue weighted by Crippen LogP contribution is 2.38. The zero-order valence-corrected chi connectivity index (χ0v) is 12.8. The molecule has 1 heterocycles. The second kappa shape index (κ2) is 5.91. The van der Waals surface area contributed by atoms with Gasteiger partial charge in [-0.25, -0.2) is 0 Å². The minimum Gasteiger partial charge on any atom is -0.493 e. The summed E-state index contributed by atoms with van der Waals surface area (Å²) in [6.07, 6.45) is 0. The Morgan fingerprint density at radius 2 is 1.52 bits per heavy atom. The van der Waals surface area contributed by atoms with Gasteiger partial charge < -0.3 is 18.6 Å². The van der Waals surface area contributed by atoms with Gasteiger partial charge in [0.1, 0.15) is 11.5 Å². The molecule has 1 aromatic carbocycles. The lowest BCUT2D eigenvalue weighted by atomic mass is 10.0. The molecule has 0 saturated carbocycles. The Morgan fingerprint density at radius 1 is 0.952 bits per heavy atom. The third-order valence-corrected chi connectivity index (χ3v) is 3.21. The van der Waals surface area contributed by atoms with Crippen LogP contribution in [-0.4, -0.2) is 27.1 Å². The molecular weight excluding hydrogens is 272 g/mol. The van der Waals surface area contributed by atoms with E-state index in [4.69, 9.17) is 18.6 Å². The lowest BCUT2D eigenvalue weighted by Gasteiger charge is -2.13. The lowest BCUT2D eigenvalue weighted by Crippen LogP contribution is -2.04. The Labute approximate surface area is 123 Å². The van der Waals surface area contributed by atoms with E-state index in [1.807, 2.05) is 0 Å². The minimum atomic E-state index is -0.149. The first-order valence-electron chi connectivity index (χ1n) is 6.43. The minimum absolute atomic E-state index is 0.149. The summed E-state index contributed by atoms with van der Waals surface area (Å²) in [5.74, 6) is 2.48. The zero-order valence-electron chi connectivity index (χ0n) is 12.8. The maximum atomic E-state index is 12.6. The average Bonchev–Trinajstić information content (AvgIpc) is 2.83. The predicted octanol–water partition coefficient (Wildman–Crippen LogP) is 3.15. The molecule has 5 nitrogen and oxygen atoms in total. The van der Waals surface area contributed by atoms with Gasteiger partial charge in [-0.2, -0.15) is 0 Å². The largest absolute Gasteiger partial charge is 0.493 e. The molecule has 2 aromatic rings. The van der Waals surface area contributed by atoms with E-state index >= 15 is 0 Å². The maximum Gasteiger partial charge on any atom is 0.203 e. The van der Waals surface area contributed by atoms with Crippen LogP contribution < -0.4 is 14.2 Å². The highest BCUT2D eigenvalue weighted by Gasteiger charge is 2.20. The van der Waals surface area contributed by atoms with Crippen molar-refractivity contribution in [3.05, 3.63) is 40.8 Å². The van der Waals surface area contributed by atoms with Crippen molar-refractivity contribution in [2.24, 2.45) is 0 Å². The topological polar surface area (TPSA) is 57.9 Å². The normalized spacial score (nSPS) is 10.3. The first kappa shape index (κ1) is 15.0. The number of carbonyl (C=O) groups excluding carboxylic acids is 1. The van der Waals surface area contributed by atoms with Crippen LogP contribution in [0.2, 0.25) is 0 Å². The number of hydrogen-bond acceptors (Lipinski definition) is 5. The molecular formula is C16H18O5. The zero-order chi connectivity index (χ0) is 15.6. The van der Waals surface area contributed by atoms with Crippen LogP contribution in [0.5, 0.6) is 17.2 Å². The summed E-state index contributed by atoms with van der Waals surface area (Å²) >= 11 is 0. The van der Waals surface area contributed by atoms with Crippen molar-refractivity contribution in [3.63, 3.8) is 0 Å². The number of aryl methyl sites for hydroxylation is 2. The summed E-state index contributed by atoms with van der Waals surface area (Å²) in [6.45, 7) is 3.57. The van der Waals surface area contributed by atoms with Gasteiger partial charge in [-0.05, 0) is 32.0 Å². The molecule has 0 spiro atoms. The third-order valence-electron chi connectivity index (χ3n) is 3.21. The Morgan fingerprint density at radius 3 is 1.90 bits per heavy atom. The van der Waals surface area contributed by atoms with E-state index in [0.717, 1.165) is 0 Å². The second-order valence-corrected chi connectivity index (χ2v) is 4.57. The molecule has 0 saturated heterocycles. The van der Waals surface area contributed by atoms with Crippen LogP contribution in [0.1, 0.15) is 27.4 Å². The van der Waals surface area contributed by atoms with Crippen molar-refractivity contribution < 1.29 is 23.4 Å². The number of ketones is 1. The van der Waals surface area contributed by atoms with E-state index in [2.05, 4.69) is 0 Å². The summed E-state index contributed by atoms with van der Waals surface area (Å²) in [6, 6.07) is 4.98. The Hall–Kier alpha value is -2.43. The van der Waals surface area contributed by atoms with Crippen LogP contribution in [0.4, 0.5) is 0 Å². The molecule has 0 unspecified atom stereocenters. The Kier molecular flexibility index (Phi) is 4.21. The molecule has 0 aliphatic carbocycles. The van der Waals surface area contributed by atoms with E-state index in [1.54, 1.807) is 32.0 Å². The van der Waals surface area contributed by atoms with E-state index in [9.17, 15) is 4.79 Å². The molecule has 0 N–H and O–H groups in total. The molecule has 0 aliphatic heterocycles. The van der Waals surface area contributed by atoms with Crippen molar-refractivity contribution in [2.45, 2.75) is 13.8 Å². The van der Waals surface area contributed by atoms with Crippen LogP contribution >= 0.6 is 0 Å². The summed E-state index contributed by atoms with van der Waals surface area (Å²) in [5, 5.41) is 0. The molecule has 5 heteroatoms. The second-order valence-electron chi connectivity index (χ2n) is 4.57. The van der Waals surface area contributed by atoms with Crippen molar-refractivity contribution in [3.8, 4) is 17.2 Å². The standard InChI is InChI=1S/C16H18O5/c1-9-6-12(10(2)21-9)15(17)11-7-13(18-3)16(20-5)14(8-11)19-4/h6-8H,1-5H3. The summed E-state index contributed by atoms with van der Waals surface area (Å²) in [5.41, 5.74) is 0.982. The van der Waals surface area contributed by atoms with Crippen molar-refractivity contribution in [2.75, 3.05) is 21.3 Å². The van der Waals surface area contributed by atoms with Crippen molar-refractivity contribution in [1.82, 2.24) is 0 Å². The number of rotatable bonds is 5. The molecule has 21 heavy (non-hydrogen) atoms. The van der Waals surface area contributed by atoms with Crippen LogP contribution in [-0.2, 0) is 0 Å². The fourth-order valence-corrected chi connectivity index (χ4v) is 2.22. The maximum absolute atomic E-state index is 12.6. The SMILES string of the molecule is COc1cc(C(=O)c2cc(C)oc2C)cc(OC)c1OC. The molecule has 1 aromatic heterocycles. The number of methoxy groups -OCH3 is 3. The van der Waals surface area contributed by atoms with E-state index in [-0.39, 0.29) is 5.78 Å². The average molecular weight is 290 g/mol. The van der Waals surface area contributed by atoms with Gasteiger partial charge in [0, 0.05) is 5.56 Å². The first-order valence-corrected chi connectivity index (χ1v) is 6.43. The van der Waals surface area contributed by atoms with Gasteiger partial charge >= 0.3 is 0 Å².